The van der Waals surface area contributed by atoms with Crippen molar-refractivity contribution in [3.63, 3.8) is 0 Å². The molecule has 0 bridgehead atoms. The summed E-state index contributed by atoms with van der Waals surface area (Å²) in [4.78, 5) is 29.2. The average Bonchev–Trinajstić information content (AvgIpc) is 3.57. The molecular weight excluding hydrogens is 481 g/mol. The van der Waals surface area contributed by atoms with E-state index < -0.39 is 5.09 Å². The first-order valence-electron chi connectivity index (χ1n) is 11.2. The number of ether oxygens (including phenoxy) is 1. The maximum Gasteiger partial charge on any atom is 0.294 e. The van der Waals surface area contributed by atoms with Crippen LogP contribution in [0, 0.1) is 33.7 Å². The Kier molecular flexibility index (Phi) is 6.17. The molecule has 36 heavy (non-hydrogen) atoms. The summed E-state index contributed by atoms with van der Waals surface area (Å²) in [7, 11) is 0. The molecule has 5 rings (SSSR count). The van der Waals surface area contributed by atoms with Crippen molar-refractivity contribution in [1.82, 2.24) is 0 Å². The number of fused-ring (bicyclic) bond motifs is 1. The van der Waals surface area contributed by atoms with Crippen molar-refractivity contribution in [3.05, 3.63) is 98.7 Å². The zero-order valence-electron chi connectivity index (χ0n) is 19.0. The summed E-state index contributed by atoms with van der Waals surface area (Å²) in [5.41, 5.74) is 2.30. The fourth-order valence-electron chi connectivity index (χ4n) is 4.01. The number of halogens is 1. The van der Waals surface area contributed by atoms with Gasteiger partial charge in [-0.2, -0.15) is 0 Å². The lowest BCUT2D eigenvalue weighted by Crippen LogP contribution is -2.21. The maximum absolute atomic E-state index is 13.6. The molecule has 0 spiro atoms. The first-order valence-corrected chi connectivity index (χ1v) is 12.0. The van der Waals surface area contributed by atoms with Crippen molar-refractivity contribution in [1.29, 1.82) is 0 Å². The maximum atomic E-state index is 13.6. The van der Waals surface area contributed by atoms with Gasteiger partial charge >= 0.3 is 0 Å². The first-order chi connectivity index (χ1) is 17.4. The van der Waals surface area contributed by atoms with Crippen LogP contribution in [0.25, 0.3) is 21.2 Å². The average molecular weight is 502 g/mol. The number of terminal acetylenes is 1. The Morgan fingerprint density at radius 1 is 1.08 bits per heavy atom. The Balaban J connectivity index is 1.50. The van der Waals surface area contributed by atoms with Crippen LogP contribution in [-0.2, 0) is 4.84 Å². The van der Waals surface area contributed by atoms with Gasteiger partial charge in [0.2, 0.25) is 5.78 Å². The summed E-state index contributed by atoms with van der Waals surface area (Å²) in [5.74, 6) is 2.62. The SMILES string of the molecule is C#Cc1ccc(C(=O)c2sc3cc(OCC4(CO[N+](=O)[O-])CC4)ccc3c2-c2ccc(F)cc2)cc1. The predicted octanol–water partition coefficient (Wildman–Crippen LogP) is 6.29. The summed E-state index contributed by atoms with van der Waals surface area (Å²) >= 11 is 1.34. The summed E-state index contributed by atoms with van der Waals surface area (Å²) in [6, 6.07) is 18.4. The Bertz CT molecular complexity index is 1500. The topological polar surface area (TPSA) is 78.7 Å². The van der Waals surface area contributed by atoms with E-state index in [1.807, 2.05) is 18.2 Å². The van der Waals surface area contributed by atoms with Gasteiger partial charge in [-0.15, -0.1) is 27.9 Å². The number of hydrogen-bond donors (Lipinski definition) is 0. The fraction of sp³-hybridized carbons (Fsp3) is 0.179. The van der Waals surface area contributed by atoms with E-state index >= 15 is 0 Å². The van der Waals surface area contributed by atoms with E-state index in [1.54, 1.807) is 36.4 Å². The molecule has 1 fully saturated rings. The Labute approximate surface area is 210 Å². The van der Waals surface area contributed by atoms with Crippen molar-refractivity contribution in [2.24, 2.45) is 5.41 Å². The lowest BCUT2D eigenvalue weighted by atomic mass is 9.98. The van der Waals surface area contributed by atoms with Crippen LogP contribution in [0.3, 0.4) is 0 Å². The molecule has 1 aromatic heterocycles. The number of benzene rings is 3. The van der Waals surface area contributed by atoms with E-state index in [9.17, 15) is 19.3 Å². The Morgan fingerprint density at radius 3 is 2.44 bits per heavy atom. The lowest BCUT2D eigenvalue weighted by molar-refractivity contribution is -0.760. The smallest absolute Gasteiger partial charge is 0.294 e. The quantitative estimate of drug-likeness (QED) is 0.117. The zero-order valence-corrected chi connectivity index (χ0v) is 19.8. The standard InChI is InChI=1S/C28H20FNO5S/c1-2-18-3-5-20(6-4-18)26(31)27-25(19-7-9-21(29)10-8-19)23-12-11-22(15-24(23)36-27)34-16-28(13-14-28)17-35-30(32)33/h1,3-12,15H,13-14,16-17H2. The summed E-state index contributed by atoms with van der Waals surface area (Å²) < 4.78 is 20.4. The number of rotatable bonds is 9. The number of carbonyl (C=O) groups is 1. The molecule has 1 heterocycles. The van der Waals surface area contributed by atoms with Gasteiger partial charge in [0, 0.05) is 32.2 Å². The van der Waals surface area contributed by atoms with E-state index in [4.69, 9.17) is 11.2 Å². The molecule has 0 unspecified atom stereocenters. The summed E-state index contributed by atoms with van der Waals surface area (Å²) in [5, 5.41) is 10.6. The van der Waals surface area contributed by atoms with E-state index in [1.165, 1.54) is 23.5 Å². The van der Waals surface area contributed by atoms with Crippen LogP contribution in [0.5, 0.6) is 5.75 Å². The third-order valence-electron chi connectivity index (χ3n) is 6.29. The number of thiophene rings is 1. The van der Waals surface area contributed by atoms with Gasteiger partial charge in [0.1, 0.15) is 18.2 Å². The molecule has 1 aliphatic rings. The monoisotopic (exact) mass is 501 g/mol. The molecular formula is C28H20FNO5S. The van der Waals surface area contributed by atoms with Gasteiger partial charge in [-0.3, -0.25) is 4.79 Å². The Morgan fingerprint density at radius 2 is 1.81 bits per heavy atom. The van der Waals surface area contributed by atoms with Crippen LogP contribution in [0.1, 0.15) is 33.6 Å². The van der Waals surface area contributed by atoms with Crippen LogP contribution in [0.15, 0.2) is 66.7 Å². The molecule has 0 amide bonds. The second-order valence-corrected chi connectivity index (χ2v) is 9.86. The highest BCUT2D eigenvalue weighted by Crippen LogP contribution is 2.47. The van der Waals surface area contributed by atoms with Crippen LogP contribution < -0.4 is 4.74 Å². The fourth-order valence-corrected chi connectivity index (χ4v) is 5.23. The largest absolute Gasteiger partial charge is 0.493 e. The number of hydrogen-bond acceptors (Lipinski definition) is 6. The molecule has 0 saturated heterocycles. The van der Waals surface area contributed by atoms with Crippen LogP contribution in [-0.4, -0.2) is 24.1 Å². The molecule has 6 nitrogen and oxygen atoms in total. The molecule has 0 N–H and O–H groups in total. The van der Waals surface area contributed by atoms with Crippen LogP contribution >= 0.6 is 11.3 Å². The third kappa shape index (κ3) is 4.79. The van der Waals surface area contributed by atoms with Crippen molar-refractivity contribution in [3.8, 4) is 29.2 Å². The molecule has 180 valence electrons. The molecule has 0 atom stereocenters. The van der Waals surface area contributed by atoms with Gasteiger partial charge in [-0.25, -0.2) is 4.39 Å². The van der Waals surface area contributed by atoms with E-state index in [-0.39, 0.29) is 23.6 Å². The van der Waals surface area contributed by atoms with Gasteiger partial charge < -0.3 is 9.57 Å². The van der Waals surface area contributed by atoms with Crippen molar-refractivity contribution in [2.75, 3.05) is 13.2 Å². The van der Waals surface area contributed by atoms with Crippen molar-refractivity contribution >= 4 is 27.2 Å². The van der Waals surface area contributed by atoms with Crippen LogP contribution in [0.2, 0.25) is 0 Å². The number of carbonyl (C=O) groups excluding carboxylic acids is 1. The number of nitrogens with zero attached hydrogens (tertiary/aromatic N) is 1. The minimum Gasteiger partial charge on any atom is -0.493 e. The van der Waals surface area contributed by atoms with Gasteiger partial charge in [0.25, 0.3) is 5.09 Å². The highest BCUT2D eigenvalue weighted by atomic mass is 32.1. The molecule has 4 aromatic rings. The van der Waals surface area contributed by atoms with E-state index in [0.717, 1.165) is 34.1 Å². The highest BCUT2D eigenvalue weighted by molar-refractivity contribution is 7.21. The Hall–Kier alpha value is -4.22. The van der Waals surface area contributed by atoms with Crippen LogP contribution in [0.4, 0.5) is 4.39 Å². The van der Waals surface area contributed by atoms with Crippen molar-refractivity contribution in [2.45, 2.75) is 12.8 Å². The zero-order chi connectivity index (χ0) is 25.3. The van der Waals surface area contributed by atoms with Crippen molar-refractivity contribution < 1.29 is 23.8 Å². The van der Waals surface area contributed by atoms with E-state index in [0.29, 0.717) is 28.4 Å². The number of ketones is 1. The van der Waals surface area contributed by atoms with Gasteiger partial charge in [-0.1, -0.05) is 18.1 Å². The normalized spacial score (nSPS) is 13.7. The molecule has 8 heteroatoms. The minimum atomic E-state index is -0.784. The first kappa shape index (κ1) is 23.5. The van der Waals surface area contributed by atoms with Gasteiger partial charge in [0.05, 0.1) is 11.5 Å². The summed E-state index contributed by atoms with van der Waals surface area (Å²) in [6.07, 6.45) is 7.04. The second-order valence-electron chi connectivity index (χ2n) is 8.81. The van der Waals surface area contributed by atoms with E-state index in [2.05, 4.69) is 10.8 Å². The lowest BCUT2D eigenvalue weighted by Gasteiger charge is -2.15. The molecule has 0 radical (unpaired) electrons. The second kappa shape index (κ2) is 9.44. The third-order valence-corrected chi connectivity index (χ3v) is 7.44. The van der Waals surface area contributed by atoms with Gasteiger partial charge in [0.15, 0.2) is 0 Å². The molecule has 1 aliphatic carbocycles. The predicted molar refractivity (Wildman–Crippen MR) is 135 cm³/mol. The van der Waals surface area contributed by atoms with Gasteiger partial charge in [-0.05, 0) is 73.0 Å². The molecule has 1 saturated carbocycles. The molecule has 3 aromatic carbocycles. The molecule has 0 aliphatic heterocycles. The minimum absolute atomic E-state index is 0.00702. The highest BCUT2D eigenvalue weighted by Gasteiger charge is 2.44. The summed E-state index contributed by atoms with van der Waals surface area (Å²) in [6.45, 7) is 0.308.